The molecule has 0 radical (unpaired) electrons. The van der Waals surface area contributed by atoms with E-state index in [1.165, 1.54) is 0 Å². The number of aliphatic hydroxyl groups is 1. The van der Waals surface area contributed by atoms with Crippen molar-refractivity contribution in [1.82, 2.24) is 5.32 Å². The van der Waals surface area contributed by atoms with Gasteiger partial charge in [0.1, 0.15) is 6.61 Å². The van der Waals surface area contributed by atoms with Gasteiger partial charge < -0.3 is 19.9 Å². The van der Waals surface area contributed by atoms with E-state index in [0.717, 1.165) is 11.1 Å². The smallest absolute Gasteiger partial charge is 0.180 e. The fourth-order valence-corrected chi connectivity index (χ4v) is 2.59. The molecule has 0 saturated carbocycles. The number of nitrogens with one attached hydrogen (secondary N) is 1. The van der Waals surface area contributed by atoms with Crippen LogP contribution in [0, 0.1) is 0 Å². The Morgan fingerprint density at radius 1 is 1.04 bits per heavy atom. The van der Waals surface area contributed by atoms with Crippen molar-refractivity contribution in [2.75, 3.05) is 19.8 Å². The van der Waals surface area contributed by atoms with Crippen molar-refractivity contribution < 1.29 is 14.6 Å². The van der Waals surface area contributed by atoms with Gasteiger partial charge in [-0.2, -0.15) is 0 Å². The molecule has 2 N–H and O–H groups in total. The van der Waals surface area contributed by atoms with E-state index in [2.05, 4.69) is 5.32 Å². The van der Waals surface area contributed by atoms with Crippen LogP contribution < -0.4 is 14.8 Å². The standard InChI is InChI=1S/C18H21Cl2NO3.ClH/c1-2-23-17-10-14(11-21-7-8-22)9-16(20)18(17)24-12-13-3-5-15(19)6-4-13;/h3-6,9-10,21-22H,2,7-8,11-12H2,1H3;1H. The van der Waals surface area contributed by atoms with Gasteiger partial charge in [0, 0.05) is 18.1 Å². The molecule has 2 rings (SSSR count). The van der Waals surface area contributed by atoms with E-state index in [0.29, 0.717) is 47.8 Å². The van der Waals surface area contributed by atoms with E-state index in [1.807, 2.05) is 43.3 Å². The monoisotopic (exact) mass is 405 g/mol. The van der Waals surface area contributed by atoms with Crippen molar-refractivity contribution in [1.29, 1.82) is 0 Å². The fourth-order valence-electron chi connectivity index (χ4n) is 2.17. The summed E-state index contributed by atoms with van der Waals surface area (Å²) in [5, 5.41) is 13.1. The van der Waals surface area contributed by atoms with Crippen LogP contribution >= 0.6 is 35.6 Å². The summed E-state index contributed by atoms with van der Waals surface area (Å²) in [5.74, 6) is 1.14. The van der Waals surface area contributed by atoms with Gasteiger partial charge in [-0.15, -0.1) is 12.4 Å². The molecule has 0 aromatic heterocycles. The van der Waals surface area contributed by atoms with Crippen LogP contribution in [0.15, 0.2) is 36.4 Å². The molecule has 4 nitrogen and oxygen atoms in total. The lowest BCUT2D eigenvalue weighted by atomic mass is 10.2. The maximum absolute atomic E-state index is 8.84. The predicted octanol–water partition coefficient (Wildman–Crippen LogP) is 4.47. The minimum atomic E-state index is 0. The zero-order chi connectivity index (χ0) is 17.4. The van der Waals surface area contributed by atoms with Crippen LogP contribution in [0.2, 0.25) is 10.0 Å². The lowest BCUT2D eigenvalue weighted by Crippen LogP contribution is -2.17. The molecule has 0 aliphatic heterocycles. The number of benzene rings is 2. The minimum absolute atomic E-state index is 0. The first-order valence-electron chi connectivity index (χ1n) is 7.78. The molecule has 0 bridgehead atoms. The van der Waals surface area contributed by atoms with Crippen molar-refractivity contribution in [2.45, 2.75) is 20.1 Å². The van der Waals surface area contributed by atoms with Gasteiger partial charge in [0.05, 0.1) is 18.2 Å². The molecule has 2 aromatic carbocycles. The third kappa shape index (κ3) is 6.92. The summed E-state index contributed by atoms with van der Waals surface area (Å²) in [7, 11) is 0. The van der Waals surface area contributed by atoms with E-state index < -0.39 is 0 Å². The Balaban J connectivity index is 0.00000312. The van der Waals surface area contributed by atoms with Crippen LogP contribution in [0.1, 0.15) is 18.1 Å². The Bertz CT molecular complexity index is 651. The van der Waals surface area contributed by atoms with E-state index in [-0.39, 0.29) is 19.0 Å². The molecule has 0 saturated heterocycles. The topological polar surface area (TPSA) is 50.7 Å². The summed E-state index contributed by atoms with van der Waals surface area (Å²) in [6, 6.07) is 11.2. The lowest BCUT2D eigenvalue weighted by molar-refractivity contribution is 0.269. The van der Waals surface area contributed by atoms with E-state index in [9.17, 15) is 0 Å². The first-order valence-corrected chi connectivity index (χ1v) is 8.53. The second kappa shape index (κ2) is 11.4. The van der Waals surface area contributed by atoms with Gasteiger partial charge in [0.2, 0.25) is 0 Å². The van der Waals surface area contributed by atoms with E-state index in [4.69, 9.17) is 37.8 Å². The Morgan fingerprint density at radius 2 is 1.76 bits per heavy atom. The van der Waals surface area contributed by atoms with Crippen molar-refractivity contribution in [3.05, 3.63) is 57.6 Å². The number of ether oxygens (including phenoxy) is 2. The summed E-state index contributed by atoms with van der Waals surface area (Å²) in [6.07, 6.45) is 0. The van der Waals surface area contributed by atoms with Gasteiger partial charge in [0.25, 0.3) is 0 Å². The highest BCUT2D eigenvalue weighted by molar-refractivity contribution is 6.32. The molecular formula is C18H22Cl3NO3. The molecule has 0 unspecified atom stereocenters. The maximum Gasteiger partial charge on any atom is 0.180 e. The highest BCUT2D eigenvalue weighted by atomic mass is 35.5. The molecule has 138 valence electrons. The summed E-state index contributed by atoms with van der Waals surface area (Å²) in [4.78, 5) is 0. The number of hydrogen-bond acceptors (Lipinski definition) is 4. The van der Waals surface area contributed by atoms with Crippen LogP contribution in [0.5, 0.6) is 11.5 Å². The first kappa shape index (κ1) is 21.9. The SMILES string of the molecule is CCOc1cc(CNCCO)cc(Cl)c1OCc1ccc(Cl)cc1.Cl. The zero-order valence-electron chi connectivity index (χ0n) is 13.9. The number of aliphatic hydroxyl groups excluding tert-OH is 1. The van der Waals surface area contributed by atoms with E-state index >= 15 is 0 Å². The van der Waals surface area contributed by atoms with Crippen LogP contribution in [0.3, 0.4) is 0 Å². The molecule has 0 fully saturated rings. The Labute approximate surface area is 164 Å². The molecule has 0 aliphatic carbocycles. The Morgan fingerprint density at radius 3 is 2.40 bits per heavy atom. The fraction of sp³-hybridized carbons (Fsp3) is 0.333. The third-order valence-corrected chi connectivity index (χ3v) is 3.82. The number of halogens is 3. The number of rotatable bonds is 9. The molecule has 0 heterocycles. The van der Waals surface area contributed by atoms with E-state index in [1.54, 1.807) is 0 Å². The molecule has 2 aromatic rings. The molecule has 0 amide bonds. The Kier molecular flexibility index (Phi) is 10.0. The van der Waals surface area contributed by atoms with Crippen LogP contribution in [0.4, 0.5) is 0 Å². The largest absolute Gasteiger partial charge is 0.490 e. The average molecular weight is 407 g/mol. The Hall–Kier alpha value is -1.17. The first-order chi connectivity index (χ1) is 11.6. The van der Waals surface area contributed by atoms with Gasteiger partial charge in [-0.25, -0.2) is 0 Å². The van der Waals surface area contributed by atoms with Gasteiger partial charge in [-0.3, -0.25) is 0 Å². The maximum atomic E-state index is 8.84. The van der Waals surface area contributed by atoms with Gasteiger partial charge >= 0.3 is 0 Å². The molecule has 25 heavy (non-hydrogen) atoms. The average Bonchev–Trinajstić information content (AvgIpc) is 2.56. The quantitative estimate of drug-likeness (QED) is 0.603. The zero-order valence-corrected chi connectivity index (χ0v) is 16.3. The predicted molar refractivity (Wildman–Crippen MR) is 104 cm³/mol. The number of hydrogen-bond donors (Lipinski definition) is 2. The normalized spacial score (nSPS) is 10.2. The molecule has 7 heteroatoms. The molecular weight excluding hydrogens is 385 g/mol. The van der Waals surface area contributed by atoms with Crippen LogP contribution in [0.25, 0.3) is 0 Å². The highest BCUT2D eigenvalue weighted by Crippen LogP contribution is 2.37. The van der Waals surface area contributed by atoms with Crippen molar-refractivity contribution in [3.63, 3.8) is 0 Å². The van der Waals surface area contributed by atoms with Gasteiger partial charge in [-0.1, -0.05) is 35.3 Å². The second-order valence-corrected chi connectivity index (χ2v) is 6.00. The molecule has 0 atom stereocenters. The van der Waals surface area contributed by atoms with Crippen molar-refractivity contribution in [3.8, 4) is 11.5 Å². The van der Waals surface area contributed by atoms with Gasteiger partial charge in [0.15, 0.2) is 11.5 Å². The molecule has 0 aliphatic rings. The van der Waals surface area contributed by atoms with Crippen LogP contribution in [-0.2, 0) is 13.2 Å². The van der Waals surface area contributed by atoms with Crippen molar-refractivity contribution in [2.24, 2.45) is 0 Å². The van der Waals surface area contributed by atoms with Crippen LogP contribution in [-0.4, -0.2) is 24.9 Å². The molecule has 0 spiro atoms. The summed E-state index contributed by atoms with van der Waals surface area (Å²) in [5.41, 5.74) is 1.96. The third-order valence-electron chi connectivity index (χ3n) is 3.28. The summed E-state index contributed by atoms with van der Waals surface area (Å²) in [6.45, 7) is 4.01. The lowest BCUT2D eigenvalue weighted by Gasteiger charge is -2.15. The minimum Gasteiger partial charge on any atom is -0.490 e. The summed E-state index contributed by atoms with van der Waals surface area (Å²) >= 11 is 12.3. The second-order valence-electron chi connectivity index (χ2n) is 5.15. The van der Waals surface area contributed by atoms with Gasteiger partial charge in [-0.05, 0) is 42.3 Å². The van der Waals surface area contributed by atoms with Crippen molar-refractivity contribution >= 4 is 35.6 Å². The highest BCUT2D eigenvalue weighted by Gasteiger charge is 2.13. The summed E-state index contributed by atoms with van der Waals surface area (Å²) < 4.78 is 11.5.